The third-order valence-corrected chi connectivity index (χ3v) is 5.54. The number of nitrogens with zero attached hydrogens (tertiary/aromatic N) is 5. The molecule has 0 saturated carbocycles. The average molecular weight is 373 g/mol. The number of fused-ring (bicyclic) bond motifs is 3. The van der Waals surface area contributed by atoms with E-state index in [0.29, 0.717) is 30.0 Å². The molecule has 0 N–H and O–H groups in total. The fraction of sp³-hybridized carbons (Fsp3) is 0.632. The van der Waals surface area contributed by atoms with Gasteiger partial charge in [0.05, 0.1) is 12.6 Å². The number of aryl methyl sites for hydroxylation is 2. The first-order valence-corrected chi connectivity index (χ1v) is 9.82. The van der Waals surface area contributed by atoms with Crippen molar-refractivity contribution >= 4 is 16.9 Å². The molecule has 0 spiro atoms. The van der Waals surface area contributed by atoms with Crippen LogP contribution in [0.3, 0.4) is 0 Å². The molecule has 1 saturated heterocycles. The Bertz CT molecular complexity index is 1090. The van der Waals surface area contributed by atoms with E-state index >= 15 is 0 Å². The van der Waals surface area contributed by atoms with Crippen molar-refractivity contribution in [1.82, 2.24) is 23.1 Å². The second kappa shape index (κ2) is 6.99. The minimum absolute atomic E-state index is 0.175. The van der Waals surface area contributed by atoms with Gasteiger partial charge in [0, 0.05) is 32.1 Å². The van der Waals surface area contributed by atoms with Crippen molar-refractivity contribution in [2.24, 2.45) is 7.05 Å². The van der Waals surface area contributed by atoms with Crippen LogP contribution in [0.1, 0.15) is 44.7 Å². The fourth-order valence-electron chi connectivity index (χ4n) is 3.99. The van der Waals surface area contributed by atoms with Gasteiger partial charge >= 0.3 is 5.69 Å². The summed E-state index contributed by atoms with van der Waals surface area (Å²) >= 11 is 0. The van der Waals surface area contributed by atoms with Crippen molar-refractivity contribution in [3.05, 3.63) is 32.7 Å². The van der Waals surface area contributed by atoms with Gasteiger partial charge in [-0.1, -0.05) is 19.8 Å². The number of rotatable bonds is 6. The lowest BCUT2D eigenvalue weighted by Crippen LogP contribution is -2.39. The van der Waals surface area contributed by atoms with E-state index < -0.39 is 0 Å². The van der Waals surface area contributed by atoms with Gasteiger partial charge in [-0.25, -0.2) is 4.79 Å². The van der Waals surface area contributed by atoms with Crippen LogP contribution in [0.4, 0.5) is 0 Å². The summed E-state index contributed by atoms with van der Waals surface area (Å²) < 4.78 is 12.5. The maximum absolute atomic E-state index is 13.1. The second-order valence-electron chi connectivity index (χ2n) is 7.48. The largest absolute Gasteiger partial charge is 0.376 e. The van der Waals surface area contributed by atoms with Gasteiger partial charge in [-0.2, -0.15) is 4.98 Å². The smallest absolute Gasteiger partial charge is 0.332 e. The molecule has 0 radical (unpaired) electrons. The Balaban J connectivity index is 1.88. The molecule has 3 aromatic heterocycles. The summed E-state index contributed by atoms with van der Waals surface area (Å²) in [4.78, 5) is 30.4. The third-order valence-electron chi connectivity index (χ3n) is 5.54. The molecular formula is C19H27N5O3. The lowest BCUT2D eigenvalue weighted by molar-refractivity contribution is 0.0974. The molecule has 146 valence electrons. The highest BCUT2D eigenvalue weighted by Crippen LogP contribution is 2.20. The highest BCUT2D eigenvalue weighted by molar-refractivity contribution is 5.75. The van der Waals surface area contributed by atoms with Crippen molar-refractivity contribution in [3.63, 3.8) is 0 Å². The zero-order chi connectivity index (χ0) is 19.1. The monoisotopic (exact) mass is 373 g/mol. The van der Waals surface area contributed by atoms with Gasteiger partial charge in [-0.05, 0) is 26.2 Å². The van der Waals surface area contributed by atoms with Gasteiger partial charge in [0.25, 0.3) is 5.56 Å². The molecule has 3 aromatic rings. The summed E-state index contributed by atoms with van der Waals surface area (Å²) in [6.45, 7) is 6.07. The topological polar surface area (TPSA) is 75.5 Å². The summed E-state index contributed by atoms with van der Waals surface area (Å²) in [6.07, 6.45) is 7.07. The zero-order valence-corrected chi connectivity index (χ0v) is 16.3. The number of hydrogen-bond donors (Lipinski definition) is 0. The lowest BCUT2D eigenvalue weighted by atomic mass is 10.2. The van der Waals surface area contributed by atoms with Crippen LogP contribution in [0.15, 0.2) is 15.8 Å². The van der Waals surface area contributed by atoms with E-state index in [1.54, 1.807) is 7.05 Å². The van der Waals surface area contributed by atoms with Gasteiger partial charge in [0.1, 0.15) is 0 Å². The molecule has 4 heterocycles. The van der Waals surface area contributed by atoms with E-state index in [1.807, 2.05) is 17.5 Å². The predicted octanol–water partition coefficient (Wildman–Crippen LogP) is 1.83. The molecular weight excluding hydrogens is 346 g/mol. The van der Waals surface area contributed by atoms with E-state index in [-0.39, 0.29) is 17.4 Å². The first-order chi connectivity index (χ1) is 13.0. The Kier molecular flexibility index (Phi) is 4.67. The number of unbranched alkanes of at least 4 members (excludes halogenated alkanes) is 2. The second-order valence-corrected chi connectivity index (χ2v) is 7.48. The predicted molar refractivity (Wildman–Crippen MR) is 103 cm³/mol. The lowest BCUT2D eigenvalue weighted by Gasteiger charge is -2.11. The summed E-state index contributed by atoms with van der Waals surface area (Å²) in [7, 11) is 1.68. The Hall–Kier alpha value is -2.35. The first kappa shape index (κ1) is 18.0. The van der Waals surface area contributed by atoms with Gasteiger partial charge in [0.15, 0.2) is 11.2 Å². The van der Waals surface area contributed by atoms with E-state index in [9.17, 15) is 9.59 Å². The van der Waals surface area contributed by atoms with Gasteiger partial charge in [0.2, 0.25) is 5.78 Å². The number of aromatic nitrogens is 5. The Labute approximate surface area is 157 Å². The van der Waals surface area contributed by atoms with Crippen LogP contribution in [0.5, 0.6) is 0 Å². The van der Waals surface area contributed by atoms with Crippen LogP contribution < -0.4 is 11.2 Å². The number of imidazole rings is 2. The zero-order valence-electron chi connectivity index (χ0n) is 16.3. The van der Waals surface area contributed by atoms with Crippen molar-refractivity contribution in [2.45, 2.75) is 65.1 Å². The molecule has 8 heteroatoms. The van der Waals surface area contributed by atoms with Crippen LogP contribution in [0.2, 0.25) is 0 Å². The summed E-state index contributed by atoms with van der Waals surface area (Å²) in [6, 6.07) is 0. The SMILES string of the molecule is CCCCCn1c(=O)c2c(nc3n(C[C@H]4CCCO4)c(C)cn23)n(C)c1=O. The Morgan fingerprint density at radius 2 is 2.07 bits per heavy atom. The molecule has 4 rings (SSSR count). The molecule has 0 unspecified atom stereocenters. The van der Waals surface area contributed by atoms with E-state index in [0.717, 1.165) is 44.4 Å². The highest BCUT2D eigenvalue weighted by Gasteiger charge is 2.23. The number of ether oxygens (including phenoxy) is 1. The van der Waals surface area contributed by atoms with Gasteiger partial charge in [-0.15, -0.1) is 0 Å². The van der Waals surface area contributed by atoms with Crippen molar-refractivity contribution in [3.8, 4) is 0 Å². The summed E-state index contributed by atoms with van der Waals surface area (Å²) in [5.74, 6) is 0.691. The molecule has 0 aromatic carbocycles. The van der Waals surface area contributed by atoms with Crippen LogP contribution in [0.25, 0.3) is 16.9 Å². The van der Waals surface area contributed by atoms with Crippen molar-refractivity contribution in [2.75, 3.05) is 6.61 Å². The number of hydrogen-bond acceptors (Lipinski definition) is 4. The molecule has 1 aliphatic heterocycles. The maximum atomic E-state index is 13.1. The fourth-order valence-corrected chi connectivity index (χ4v) is 3.99. The minimum atomic E-state index is -0.299. The van der Waals surface area contributed by atoms with Crippen LogP contribution in [0, 0.1) is 6.92 Å². The maximum Gasteiger partial charge on any atom is 0.332 e. The van der Waals surface area contributed by atoms with Crippen LogP contribution in [-0.2, 0) is 24.9 Å². The highest BCUT2D eigenvalue weighted by atomic mass is 16.5. The Morgan fingerprint density at radius 1 is 1.26 bits per heavy atom. The first-order valence-electron chi connectivity index (χ1n) is 9.82. The van der Waals surface area contributed by atoms with Gasteiger partial charge in [-0.3, -0.25) is 18.3 Å². The summed E-state index contributed by atoms with van der Waals surface area (Å²) in [5.41, 5.74) is 1.38. The normalized spacial score (nSPS) is 17.5. The minimum Gasteiger partial charge on any atom is -0.376 e. The molecule has 8 nitrogen and oxygen atoms in total. The molecule has 27 heavy (non-hydrogen) atoms. The third kappa shape index (κ3) is 2.92. The van der Waals surface area contributed by atoms with Crippen molar-refractivity contribution < 1.29 is 4.74 Å². The van der Waals surface area contributed by atoms with Gasteiger partial charge < -0.3 is 9.30 Å². The molecule has 1 atom stereocenters. The Morgan fingerprint density at radius 3 is 2.78 bits per heavy atom. The molecule has 1 fully saturated rings. The van der Waals surface area contributed by atoms with E-state index in [1.165, 1.54) is 9.13 Å². The standard InChI is InChI=1S/C19H27N5O3/c1-4-5-6-9-22-17(25)15-16(21(3)19(22)26)20-18-23(13(2)11-24(15)18)12-14-8-7-10-27-14/h11,14H,4-10,12H2,1-3H3/t14-/m1/s1. The van der Waals surface area contributed by atoms with E-state index in [4.69, 9.17) is 4.74 Å². The quantitative estimate of drug-likeness (QED) is 0.618. The summed E-state index contributed by atoms with van der Waals surface area (Å²) in [5, 5.41) is 0. The molecule has 0 bridgehead atoms. The van der Waals surface area contributed by atoms with Crippen LogP contribution >= 0.6 is 0 Å². The van der Waals surface area contributed by atoms with Crippen molar-refractivity contribution in [1.29, 1.82) is 0 Å². The van der Waals surface area contributed by atoms with E-state index in [2.05, 4.69) is 16.5 Å². The molecule has 0 aliphatic carbocycles. The average Bonchev–Trinajstić information content (AvgIpc) is 3.34. The molecule has 1 aliphatic rings. The van der Waals surface area contributed by atoms with Crippen LogP contribution in [-0.4, -0.2) is 35.8 Å². The molecule has 0 amide bonds.